The van der Waals surface area contributed by atoms with E-state index in [1.54, 1.807) is 42.5 Å². The van der Waals surface area contributed by atoms with Crippen LogP contribution in [-0.2, 0) is 12.8 Å². The molecule has 3 aromatic rings. The fourth-order valence-electron chi connectivity index (χ4n) is 2.03. The normalized spacial score (nSPS) is 10.7. The van der Waals surface area contributed by atoms with E-state index < -0.39 is 0 Å². The van der Waals surface area contributed by atoms with E-state index in [0.717, 1.165) is 5.56 Å². The number of phenolic OH excluding ortho intramolecular Hbond substituents is 1. The van der Waals surface area contributed by atoms with Gasteiger partial charge in [0.15, 0.2) is 5.82 Å². The van der Waals surface area contributed by atoms with Gasteiger partial charge in [-0.25, -0.2) is 4.39 Å². The van der Waals surface area contributed by atoms with Gasteiger partial charge in [0.05, 0.1) is 6.42 Å². The molecule has 0 fully saturated rings. The van der Waals surface area contributed by atoms with Gasteiger partial charge in [-0.05, 0) is 29.3 Å². The van der Waals surface area contributed by atoms with E-state index >= 15 is 0 Å². The standard InChI is InChI=1S/C16H13FN2O2/c17-14-4-2-1-3-12(14)10-15-18-16(21-19-15)9-11-5-7-13(20)8-6-11/h1-8,20H,9-10H2. The molecule has 21 heavy (non-hydrogen) atoms. The lowest BCUT2D eigenvalue weighted by Crippen LogP contribution is -1.95. The summed E-state index contributed by atoms with van der Waals surface area (Å²) in [4.78, 5) is 4.26. The second-order valence-electron chi connectivity index (χ2n) is 4.72. The third kappa shape index (κ3) is 3.25. The van der Waals surface area contributed by atoms with Gasteiger partial charge in [0.2, 0.25) is 5.89 Å². The van der Waals surface area contributed by atoms with Crippen molar-refractivity contribution in [3.8, 4) is 5.75 Å². The summed E-state index contributed by atoms with van der Waals surface area (Å²) in [7, 11) is 0. The third-order valence-electron chi connectivity index (χ3n) is 3.11. The van der Waals surface area contributed by atoms with Crippen LogP contribution in [0.15, 0.2) is 53.1 Å². The smallest absolute Gasteiger partial charge is 0.231 e. The minimum atomic E-state index is -0.276. The Morgan fingerprint density at radius 3 is 2.52 bits per heavy atom. The molecule has 0 atom stereocenters. The van der Waals surface area contributed by atoms with Crippen LogP contribution in [0.3, 0.4) is 0 Å². The largest absolute Gasteiger partial charge is 0.508 e. The van der Waals surface area contributed by atoms with Crippen LogP contribution in [0.4, 0.5) is 4.39 Å². The lowest BCUT2D eigenvalue weighted by atomic mass is 10.1. The van der Waals surface area contributed by atoms with E-state index in [9.17, 15) is 9.50 Å². The maximum atomic E-state index is 13.6. The average Bonchev–Trinajstić information content (AvgIpc) is 2.91. The number of aromatic hydroxyl groups is 1. The number of hydrogen-bond acceptors (Lipinski definition) is 4. The summed E-state index contributed by atoms with van der Waals surface area (Å²) in [6.45, 7) is 0. The Kier molecular flexibility index (Phi) is 3.64. The number of nitrogens with zero attached hydrogens (tertiary/aromatic N) is 2. The topological polar surface area (TPSA) is 59.2 Å². The van der Waals surface area contributed by atoms with Crippen LogP contribution < -0.4 is 0 Å². The fourth-order valence-corrected chi connectivity index (χ4v) is 2.03. The summed E-state index contributed by atoms with van der Waals surface area (Å²) >= 11 is 0. The molecule has 0 unspecified atom stereocenters. The molecular weight excluding hydrogens is 271 g/mol. The van der Waals surface area contributed by atoms with Crippen LogP contribution >= 0.6 is 0 Å². The summed E-state index contributed by atoms with van der Waals surface area (Å²) in [5.41, 5.74) is 1.49. The zero-order valence-corrected chi connectivity index (χ0v) is 11.2. The van der Waals surface area contributed by atoms with Crippen LogP contribution in [0, 0.1) is 5.82 Å². The Hall–Kier alpha value is -2.69. The van der Waals surface area contributed by atoms with E-state index in [2.05, 4.69) is 10.1 Å². The maximum Gasteiger partial charge on any atom is 0.231 e. The molecule has 1 N–H and O–H groups in total. The van der Waals surface area contributed by atoms with Gasteiger partial charge in [-0.3, -0.25) is 0 Å². The van der Waals surface area contributed by atoms with E-state index in [4.69, 9.17) is 4.52 Å². The molecule has 0 bridgehead atoms. The number of aromatic nitrogens is 2. The van der Waals surface area contributed by atoms with E-state index in [-0.39, 0.29) is 11.6 Å². The van der Waals surface area contributed by atoms with Crippen molar-refractivity contribution in [1.82, 2.24) is 10.1 Å². The number of benzene rings is 2. The molecule has 0 amide bonds. The Bertz CT molecular complexity index is 738. The molecule has 4 nitrogen and oxygen atoms in total. The Labute approximate surface area is 120 Å². The van der Waals surface area contributed by atoms with Gasteiger partial charge in [-0.15, -0.1) is 0 Å². The van der Waals surface area contributed by atoms with Gasteiger partial charge < -0.3 is 9.63 Å². The minimum Gasteiger partial charge on any atom is -0.508 e. The second kappa shape index (κ2) is 5.75. The van der Waals surface area contributed by atoms with Gasteiger partial charge in [-0.1, -0.05) is 35.5 Å². The molecule has 2 aromatic carbocycles. The number of rotatable bonds is 4. The molecule has 0 radical (unpaired) electrons. The summed E-state index contributed by atoms with van der Waals surface area (Å²) < 4.78 is 18.7. The van der Waals surface area contributed by atoms with E-state index in [0.29, 0.717) is 30.1 Å². The molecule has 106 valence electrons. The van der Waals surface area contributed by atoms with Crippen LogP contribution in [0.2, 0.25) is 0 Å². The Morgan fingerprint density at radius 2 is 1.76 bits per heavy atom. The molecule has 1 heterocycles. The molecule has 0 spiro atoms. The quantitative estimate of drug-likeness (QED) is 0.799. The highest BCUT2D eigenvalue weighted by molar-refractivity contribution is 5.27. The first-order chi connectivity index (χ1) is 10.2. The molecular formula is C16H13FN2O2. The molecule has 3 rings (SSSR count). The van der Waals surface area contributed by atoms with Gasteiger partial charge in [0, 0.05) is 6.42 Å². The van der Waals surface area contributed by atoms with Crippen molar-refractivity contribution in [3.63, 3.8) is 0 Å². The Morgan fingerprint density at radius 1 is 1.00 bits per heavy atom. The van der Waals surface area contributed by atoms with Crippen LogP contribution in [0.1, 0.15) is 22.8 Å². The Balaban J connectivity index is 1.72. The zero-order chi connectivity index (χ0) is 14.7. The van der Waals surface area contributed by atoms with E-state index in [1.807, 2.05) is 0 Å². The maximum absolute atomic E-state index is 13.6. The lowest BCUT2D eigenvalue weighted by Gasteiger charge is -1.98. The van der Waals surface area contributed by atoms with Crippen LogP contribution in [0.5, 0.6) is 5.75 Å². The van der Waals surface area contributed by atoms with Crippen molar-refractivity contribution >= 4 is 0 Å². The molecule has 0 aliphatic carbocycles. The average molecular weight is 284 g/mol. The molecule has 5 heteroatoms. The van der Waals surface area contributed by atoms with Crippen molar-refractivity contribution in [2.75, 3.05) is 0 Å². The van der Waals surface area contributed by atoms with Crippen LogP contribution in [0.25, 0.3) is 0 Å². The second-order valence-corrected chi connectivity index (χ2v) is 4.72. The molecule has 1 aromatic heterocycles. The minimum absolute atomic E-state index is 0.213. The van der Waals surface area contributed by atoms with Gasteiger partial charge in [0.1, 0.15) is 11.6 Å². The summed E-state index contributed by atoms with van der Waals surface area (Å²) in [5, 5.41) is 13.1. The monoisotopic (exact) mass is 284 g/mol. The van der Waals surface area contributed by atoms with Crippen molar-refractivity contribution in [2.45, 2.75) is 12.8 Å². The van der Waals surface area contributed by atoms with Crippen molar-refractivity contribution in [1.29, 1.82) is 0 Å². The summed E-state index contributed by atoms with van der Waals surface area (Å²) in [6, 6.07) is 13.3. The SMILES string of the molecule is Oc1ccc(Cc2nc(Cc3ccccc3F)no2)cc1. The fraction of sp³-hybridized carbons (Fsp3) is 0.125. The first-order valence-electron chi connectivity index (χ1n) is 6.53. The predicted octanol–water partition coefficient (Wildman–Crippen LogP) is 3.10. The zero-order valence-electron chi connectivity index (χ0n) is 11.2. The van der Waals surface area contributed by atoms with Gasteiger partial charge in [0.25, 0.3) is 0 Å². The van der Waals surface area contributed by atoms with Crippen molar-refractivity contribution in [3.05, 3.63) is 77.2 Å². The predicted molar refractivity (Wildman–Crippen MR) is 74.4 cm³/mol. The van der Waals surface area contributed by atoms with E-state index in [1.165, 1.54) is 6.07 Å². The van der Waals surface area contributed by atoms with Crippen molar-refractivity contribution in [2.24, 2.45) is 0 Å². The first-order valence-corrected chi connectivity index (χ1v) is 6.53. The molecule has 0 aliphatic heterocycles. The summed E-state index contributed by atoms with van der Waals surface area (Å²) in [6.07, 6.45) is 0.774. The van der Waals surface area contributed by atoms with Crippen LogP contribution in [-0.4, -0.2) is 15.2 Å². The van der Waals surface area contributed by atoms with Crippen molar-refractivity contribution < 1.29 is 14.0 Å². The third-order valence-corrected chi connectivity index (χ3v) is 3.11. The van der Waals surface area contributed by atoms with Gasteiger partial charge in [-0.2, -0.15) is 4.98 Å². The molecule has 0 saturated heterocycles. The highest BCUT2D eigenvalue weighted by atomic mass is 19.1. The first kappa shape index (κ1) is 13.3. The number of phenols is 1. The summed E-state index contributed by atoms with van der Waals surface area (Å²) in [5.74, 6) is 0.854. The number of hydrogen-bond donors (Lipinski definition) is 1. The number of halogens is 1. The van der Waals surface area contributed by atoms with Gasteiger partial charge >= 0.3 is 0 Å². The lowest BCUT2D eigenvalue weighted by molar-refractivity contribution is 0.380. The molecule has 0 saturated carbocycles. The highest BCUT2D eigenvalue weighted by Gasteiger charge is 2.10. The highest BCUT2D eigenvalue weighted by Crippen LogP contribution is 2.15. The molecule has 0 aliphatic rings.